The second-order valence-electron chi connectivity index (χ2n) is 3.66. The number of benzene rings is 1. The van der Waals surface area contributed by atoms with E-state index in [0.717, 1.165) is 10.7 Å². The van der Waals surface area contributed by atoms with Crippen LogP contribution in [0.3, 0.4) is 0 Å². The van der Waals surface area contributed by atoms with Gasteiger partial charge in [0, 0.05) is 6.42 Å². The van der Waals surface area contributed by atoms with E-state index in [9.17, 15) is 13.2 Å². The summed E-state index contributed by atoms with van der Waals surface area (Å²) in [4.78, 5) is 3.91. The zero-order chi connectivity index (χ0) is 13.2. The van der Waals surface area contributed by atoms with E-state index < -0.39 is 11.7 Å². The van der Waals surface area contributed by atoms with Crippen LogP contribution in [0.1, 0.15) is 11.4 Å². The summed E-state index contributed by atoms with van der Waals surface area (Å²) in [5, 5.41) is 3.97. The fourth-order valence-electron chi connectivity index (χ4n) is 1.57. The summed E-state index contributed by atoms with van der Waals surface area (Å²) in [7, 11) is 0. The highest BCUT2D eigenvalue weighted by atomic mass is 19.4. The van der Waals surface area contributed by atoms with Gasteiger partial charge in [0.25, 0.3) is 0 Å². The first-order chi connectivity index (χ1) is 8.52. The first-order valence-electron chi connectivity index (χ1n) is 5.29. The van der Waals surface area contributed by atoms with Crippen molar-refractivity contribution in [3.63, 3.8) is 0 Å². The number of aromatic nitrogens is 3. The molecule has 0 radical (unpaired) electrons. The van der Waals surface area contributed by atoms with Gasteiger partial charge in [-0.15, -0.1) is 0 Å². The molecule has 0 amide bonds. The summed E-state index contributed by atoms with van der Waals surface area (Å²) in [5.41, 5.74) is 4.56. The maximum Gasteiger partial charge on any atom is 0.418 e. The minimum Gasteiger partial charge on any atom is -0.330 e. The Hall–Kier alpha value is -1.89. The van der Waals surface area contributed by atoms with Crippen LogP contribution in [0.2, 0.25) is 0 Å². The monoisotopic (exact) mass is 256 g/mol. The lowest BCUT2D eigenvalue weighted by Gasteiger charge is -2.11. The minimum absolute atomic E-state index is 0.0410. The zero-order valence-electron chi connectivity index (χ0n) is 9.35. The number of para-hydroxylation sites is 1. The lowest BCUT2D eigenvalue weighted by molar-refractivity contribution is -0.137. The molecule has 0 spiro atoms. The molecule has 0 aliphatic carbocycles. The summed E-state index contributed by atoms with van der Waals surface area (Å²) in [6.07, 6.45) is -2.73. The Morgan fingerprint density at radius 3 is 2.61 bits per heavy atom. The highest BCUT2D eigenvalue weighted by molar-refractivity contribution is 5.41. The van der Waals surface area contributed by atoms with Gasteiger partial charge in [-0.1, -0.05) is 12.1 Å². The van der Waals surface area contributed by atoms with E-state index in [1.165, 1.54) is 24.5 Å². The highest BCUT2D eigenvalue weighted by Gasteiger charge is 2.33. The van der Waals surface area contributed by atoms with Crippen molar-refractivity contribution in [2.75, 3.05) is 6.54 Å². The Bertz CT molecular complexity index is 533. The molecule has 0 bridgehead atoms. The van der Waals surface area contributed by atoms with Crippen LogP contribution in [0, 0.1) is 0 Å². The Morgan fingerprint density at radius 1 is 1.22 bits per heavy atom. The number of nitrogens with two attached hydrogens (primary N) is 1. The fourth-order valence-corrected chi connectivity index (χ4v) is 1.57. The van der Waals surface area contributed by atoms with Crippen LogP contribution in [-0.2, 0) is 12.6 Å². The standard InChI is InChI=1S/C11H11F3N4/c12-11(13,14)8-3-1-2-4-9(8)18-7-16-10(17-18)5-6-15/h1-4,7H,5-6,15H2. The molecule has 96 valence electrons. The van der Waals surface area contributed by atoms with Crippen molar-refractivity contribution in [3.8, 4) is 5.69 Å². The molecule has 7 heteroatoms. The molecule has 0 aliphatic rings. The number of hydrogen-bond donors (Lipinski definition) is 1. The van der Waals surface area contributed by atoms with Crippen LogP contribution in [0.5, 0.6) is 0 Å². The Morgan fingerprint density at radius 2 is 1.94 bits per heavy atom. The number of nitrogens with zero attached hydrogens (tertiary/aromatic N) is 3. The molecular weight excluding hydrogens is 245 g/mol. The Balaban J connectivity index is 2.43. The molecule has 0 aliphatic heterocycles. The molecule has 0 fully saturated rings. The second kappa shape index (κ2) is 4.77. The Kier molecular flexibility index (Phi) is 3.33. The van der Waals surface area contributed by atoms with Crippen molar-refractivity contribution in [1.82, 2.24) is 14.8 Å². The first-order valence-corrected chi connectivity index (χ1v) is 5.29. The molecule has 1 aromatic heterocycles. The van der Waals surface area contributed by atoms with E-state index in [-0.39, 0.29) is 5.69 Å². The van der Waals surface area contributed by atoms with Gasteiger partial charge in [-0.05, 0) is 18.7 Å². The van der Waals surface area contributed by atoms with Crippen LogP contribution in [-0.4, -0.2) is 21.3 Å². The average Bonchev–Trinajstić information content (AvgIpc) is 2.77. The van der Waals surface area contributed by atoms with Crippen molar-refractivity contribution < 1.29 is 13.2 Å². The minimum atomic E-state index is -4.42. The third-order valence-electron chi connectivity index (χ3n) is 2.36. The zero-order valence-corrected chi connectivity index (χ0v) is 9.35. The third kappa shape index (κ3) is 2.51. The molecule has 0 atom stereocenters. The lowest BCUT2D eigenvalue weighted by Crippen LogP contribution is -2.11. The molecular formula is C11H11F3N4. The number of halogens is 3. The van der Waals surface area contributed by atoms with Crippen LogP contribution in [0.4, 0.5) is 13.2 Å². The maximum atomic E-state index is 12.8. The van der Waals surface area contributed by atoms with Gasteiger partial charge in [-0.2, -0.15) is 18.3 Å². The topological polar surface area (TPSA) is 56.7 Å². The quantitative estimate of drug-likeness (QED) is 0.910. The molecule has 2 aromatic rings. The molecule has 4 nitrogen and oxygen atoms in total. The van der Waals surface area contributed by atoms with Crippen molar-refractivity contribution in [3.05, 3.63) is 42.0 Å². The van der Waals surface area contributed by atoms with Crippen molar-refractivity contribution >= 4 is 0 Å². The normalized spacial score (nSPS) is 11.8. The summed E-state index contributed by atoms with van der Waals surface area (Å²) in [6, 6.07) is 5.22. The lowest BCUT2D eigenvalue weighted by atomic mass is 10.2. The molecule has 1 heterocycles. The van der Waals surface area contributed by atoms with Crippen LogP contribution in [0.15, 0.2) is 30.6 Å². The van der Waals surface area contributed by atoms with Gasteiger partial charge in [0.2, 0.25) is 0 Å². The van der Waals surface area contributed by atoms with Crippen molar-refractivity contribution in [2.45, 2.75) is 12.6 Å². The summed E-state index contributed by atoms with van der Waals surface area (Å²) in [5.74, 6) is 0.425. The van der Waals surface area contributed by atoms with E-state index >= 15 is 0 Å². The predicted octanol–water partition coefficient (Wildman–Crippen LogP) is 1.79. The predicted molar refractivity (Wildman–Crippen MR) is 59.1 cm³/mol. The van der Waals surface area contributed by atoms with Gasteiger partial charge in [-0.25, -0.2) is 9.67 Å². The number of alkyl halides is 3. The first kappa shape index (κ1) is 12.6. The second-order valence-corrected chi connectivity index (χ2v) is 3.66. The summed E-state index contributed by atoms with van der Waals surface area (Å²) >= 11 is 0. The van der Waals surface area contributed by atoms with Gasteiger partial charge in [0.1, 0.15) is 6.33 Å². The van der Waals surface area contributed by atoms with Crippen LogP contribution < -0.4 is 5.73 Å². The van der Waals surface area contributed by atoms with Crippen molar-refractivity contribution in [2.24, 2.45) is 5.73 Å². The van der Waals surface area contributed by atoms with Crippen LogP contribution in [0.25, 0.3) is 5.69 Å². The van der Waals surface area contributed by atoms with Gasteiger partial charge in [0.15, 0.2) is 5.82 Å². The number of hydrogen-bond acceptors (Lipinski definition) is 3. The maximum absolute atomic E-state index is 12.8. The molecule has 2 rings (SSSR count). The molecule has 0 saturated heterocycles. The van der Waals surface area contributed by atoms with Crippen LogP contribution >= 0.6 is 0 Å². The van der Waals surface area contributed by atoms with Crippen molar-refractivity contribution in [1.29, 1.82) is 0 Å². The largest absolute Gasteiger partial charge is 0.418 e. The van der Waals surface area contributed by atoms with E-state index in [2.05, 4.69) is 10.1 Å². The highest BCUT2D eigenvalue weighted by Crippen LogP contribution is 2.33. The van der Waals surface area contributed by atoms with E-state index in [1.807, 2.05) is 0 Å². The SMILES string of the molecule is NCCc1ncn(-c2ccccc2C(F)(F)F)n1. The van der Waals surface area contributed by atoms with Gasteiger partial charge in [0.05, 0.1) is 11.3 Å². The van der Waals surface area contributed by atoms with E-state index in [1.54, 1.807) is 0 Å². The van der Waals surface area contributed by atoms with Gasteiger partial charge < -0.3 is 5.73 Å². The summed E-state index contributed by atoms with van der Waals surface area (Å²) in [6.45, 7) is 0.352. The molecule has 18 heavy (non-hydrogen) atoms. The smallest absolute Gasteiger partial charge is 0.330 e. The molecule has 0 unspecified atom stereocenters. The molecule has 1 aromatic carbocycles. The van der Waals surface area contributed by atoms with Gasteiger partial charge >= 0.3 is 6.18 Å². The molecule has 2 N–H and O–H groups in total. The fraction of sp³-hybridized carbons (Fsp3) is 0.273. The Labute approximate surface area is 101 Å². The van der Waals surface area contributed by atoms with Gasteiger partial charge in [-0.3, -0.25) is 0 Å². The average molecular weight is 256 g/mol. The van der Waals surface area contributed by atoms with E-state index in [0.29, 0.717) is 18.8 Å². The number of rotatable bonds is 3. The molecule has 0 saturated carbocycles. The summed E-state index contributed by atoms with van der Waals surface area (Å²) < 4.78 is 39.5. The third-order valence-corrected chi connectivity index (χ3v) is 2.36. The van der Waals surface area contributed by atoms with E-state index in [4.69, 9.17) is 5.73 Å².